The van der Waals surface area contributed by atoms with E-state index in [2.05, 4.69) is 5.32 Å². The molecule has 2 aromatic carbocycles. The predicted octanol–water partition coefficient (Wildman–Crippen LogP) is 2.83. The maximum absolute atomic E-state index is 12.4. The minimum absolute atomic E-state index is 0.119. The Morgan fingerprint density at radius 2 is 1.90 bits per heavy atom. The smallest absolute Gasteiger partial charge is 0.345 e. The van der Waals surface area contributed by atoms with Crippen LogP contribution in [0.1, 0.15) is 28.4 Å². The van der Waals surface area contributed by atoms with E-state index >= 15 is 0 Å². The first-order chi connectivity index (χ1) is 14.4. The largest absolute Gasteiger partial charge is 0.493 e. The van der Waals surface area contributed by atoms with E-state index in [0.29, 0.717) is 13.0 Å². The van der Waals surface area contributed by atoms with Crippen LogP contribution in [0.15, 0.2) is 36.4 Å². The third kappa shape index (κ3) is 5.94. The van der Waals surface area contributed by atoms with Gasteiger partial charge in [-0.05, 0) is 31.4 Å². The second kappa shape index (κ2) is 10.8. The van der Waals surface area contributed by atoms with Crippen LogP contribution in [0.5, 0.6) is 11.5 Å². The molecule has 30 heavy (non-hydrogen) atoms. The number of nitrogens with one attached hydrogen (secondary N) is 1. The molecule has 0 atom stereocenters. The summed E-state index contributed by atoms with van der Waals surface area (Å²) in [7, 11) is 1.33. The normalized spacial score (nSPS) is 10.2. The van der Waals surface area contributed by atoms with E-state index in [1.807, 2.05) is 31.2 Å². The molecule has 0 aliphatic heterocycles. The highest BCUT2D eigenvalue weighted by molar-refractivity contribution is 5.96. The van der Waals surface area contributed by atoms with Crippen molar-refractivity contribution in [1.82, 2.24) is 5.32 Å². The summed E-state index contributed by atoms with van der Waals surface area (Å²) in [6.45, 7) is 3.79. The second-order valence-electron chi connectivity index (χ2n) is 6.31. The monoisotopic (exact) mass is 416 g/mol. The summed E-state index contributed by atoms with van der Waals surface area (Å²) in [5, 5.41) is 14.0. The van der Waals surface area contributed by atoms with E-state index in [9.17, 15) is 19.7 Å². The maximum Gasteiger partial charge on any atom is 0.345 e. The Balaban J connectivity index is 1.99. The molecule has 0 radical (unpaired) electrons. The number of nitrogens with zero attached hydrogens (tertiary/aromatic N) is 1. The van der Waals surface area contributed by atoms with Crippen LogP contribution >= 0.6 is 0 Å². The molecule has 0 heterocycles. The zero-order valence-electron chi connectivity index (χ0n) is 17.1. The molecule has 0 aliphatic carbocycles. The average Bonchev–Trinajstić information content (AvgIpc) is 2.73. The third-order valence-electron chi connectivity index (χ3n) is 4.31. The van der Waals surface area contributed by atoms with Crippen LogP contribution in [0.2, 0.25) is 0 Å². The molecule has 0 bridgehead atoms. The van der Waals surface area contributed by atoms with Gasteiger partial charge in [0.2, 0.25) is 0 Å². The molecule has 9 nitrogen and oxygen atoms in total. The molecular weight excluding hydrogens is 392 g/mol. The number of aryl methyl sites for hydroxylation is 1. The lowest BCUT2D eigenvalue weighted by Crippen LogP contribution is -2.30. The fourth-order valence-corrected chi connectivity index (χ4v) is 2.78. The molecular formula is C21H24N2O7. The standard InChI is InChI=1S/C21H24N2O7/c1-4-29-19-11-16(17(23(26)27)12-18(19)28-3)21(25)30-13-20(24)22-10-9-15-8-6-5-7-14(15)2/h5-8,11-12H,4,9-10,13H2,1-3H3,(H,22,24). The molecule has 0 saturated heterocycles. The topological polar surface area (TPSA) is 117 Å². The highest BCUT2D eigenvalue weighted by atomic mass is 16.6. The van der Waals surface area contributed by atoms with E-state index < -0.39 is 29.1 Å². The van der Waals surface area contributed by atoms with Crippen molar-refractivity contribution in [2.45, 2.75) is 20.3 Å². The lowest BCUT2D eigenvalue weighted by molar-refractivity contribution is -0.385. The number of carbonyl (C=O) groups is 2. The number of hydrogen-bond acceptors (Lipinski definition) is 7. The molecule has 0 aromatic heterocycles. The second-order valence-corrected chi connectivity index (χ2v) is 6.31. The highest BCUT2D eigenvalue weighted by Gasteiger charge is 2.26. The van der Waals surface area contributed by atoms with Gasteiger partial charge < -0.3 is 19.5 Å². The summed E-state index contributed by atoms with van der Waals surface area (Å²) in [6.07, 6.45) is 0.633. The minimum Gasteiger partial charge on any atom is -0.493 e. The zero-order chi connectivity index (χ0) is 22.1. The number of hydrogen-bond donors (Lipinski definition) is 1. The molecule has 0 unspecified atom stereocenters. The number of ether oxygens (including phenoxy) is 3. The quantitative estimate of drug-likeness (QED) is 0.359. The molecule has 0 aliphatic rings. The SMILES string of the molecule is CCOc1cc(C(=O)OCC(=O)NCCc2ccccc2C)c([N+](=O)[O-])cc1OC. The molecule has 1 N–H and O–H groups in total. The molecule has 0 saturated carbocycles. The van der Waals surface area contributed by atoms with Gasteiger partial charge in [-0.3, -0.25) is 14.9 Å². The van der Waals surface area contributed by atoms with Gasteiger partial charge in [-0.2, -0.15) is 0 Å². The van der Waals surface area contributed by atoms with E-state index in [-0.39, 0.29) is 23.7 Å². The van der Waals surface area contributed by atoms with Crippen molar-refractivity contribution in [3.63, 3.8) is 0 Å². The van der Waals surface area contributed by atoms with Crippen molar-refractivity contribution in [2.75, 3.05) is 26.9 Å². The van der Waals surface area contributed by atoms with Crippen LogP contribution in [-0.2, 0) is 16.0 Å². The van der Waals surface area contributed by atoms with Gasteiger partial charge in [-0.15, -0.1) is 0 Å². The first-order valence-electron chi connectivity index (χ1n) is 9.34. The number of esters is 1. The molecule has 0 spiro atoms. The van der Waals surface area contributed by atoms with Crippen LogP contribution in [0, 0.1) is 17.0 Å². The van der Waals surface area contributed by atoms with Gasteiger partial charge >= 0.3 is 5.97 Å². The van der Waals surface area contributed by atoms with E-state index in [1.54, 1.807) is 6.92 Å². The molecule has 1 amide bonds. The molecule has 0 fully saturated rings. The Labute approximate surface area is 174 Å². The highest BCUT2D eigenvalue weighted by Crippen LogP contribution is 2.35. The lowest BCUT2D eigenvalue weighted by Gasteiger charge is -2.12. The number of amides is 1. The zero-order valence-corrected chi connectivity index (χ0v) is 17.1. The average molecular weight is 416 g/mol. The van der Waals surface area contributed by atoms with Gasteiger partial charge in [0.1, 0.15) is 5.56 Å². The summed E-state index contributed by atoms with van der Waals surface area (Å²) < 4.78 is 15.4. The molecule has 160 valence electrons. The van der Waals surface area contributed by atoms with Gasteiger partial charge in [-0.1, -0.05) is 24.3 Å². The summed E-state index contributed by atoms with van der Waals surface area (Å²) in [4.78, 5) is 34.9. The van der Waals surface area contributed by atoms with E-state index in [0.717, 1.165) is 17.2 Å². The van der Waals surface area contributed by atoms with Crippen molar-refractivity contribution < 1.29 is 28.7 Å². The first kappa shape index (κ1) is 22.7. The van der Waals surface area contributed by atoms with Crippen molar-refractivity contribution >= 4 is 17.6 Å². The lowest BCUT2D eigenvalue weighted by atomic mass is 10.1. The minimum atomic E-state index is -1.00. The summed E-state index contributed by atoms with van der Waals surface area (Å²) in [5.41, 5.74) is 1.40. The van der Waals surface area contributed by atoms with Crippen molar-refractivity contribution in [3.8, 4) is 11.5 Å². The number of nitro groups is 1. The molecule has 2 aromatic rings. The van der Waals surface area contributed by atoms with Gasteiger partial charge in [0.05, 0.1) is 24.7 Å². The van der Waals surface area contributed by atoms with Gasteiger partial charge in [0.15, 0.2) is 18.1 Å². The Hall–Kier alpha value is -3.62. The van der Waals surface area contributed by atoms with Crippen molar-refractivity contribution in [1.29, 1.82) is 0 Å². The first-order valence-corrected chi connectivity index (χ1v) is 9.34. The number of carbonyl (C=O) groups excluding carboxylic acids is 2. The fraction of sp³-hybridized carbons (Fsp3) is 0.333. The number of methoxy groups -OCH3 is 1. The van der Waals surface area contributed by atoms with Gasteiger partial charge in [-0.25, -0.2) is 4.79 Å². The Morgan fingerprint density at radius 3 is 2.53 bits per heavy atom. The van der Waals surface area contributed by atoms with Crippen LogP contribution in [-0.4, -0.2) is 43.7 Å². The third-order valence-corrected chi connectivity index (χ3v) is 4.31. The number of rotatable bonds is 10. The Kier molecular flexibility index (Phi) is 8.16. The fourth-order valence-electron chi connectivity index (χ4n) is 2.78. The van der Waals surface area contributed by atoms with E-state index in [4.69, 9.17) is 14.2 Å². The Bertz CT molecular complexity index is 928. The van der Waals surface area contributed by atoms with Crippen LogP contribution in [0.4, 0.5) is 5.69 Å². The Morgan fingerprint density at radius 1 is 1.17 bits per heavy atom. The van der Waals surface area contributed by atoms with Crippen molar-refractivity contribution in [3.05, 3.63) is 63.2 Å². The maximum atomic E-state index is 12.4. The summed E-state index contributed by atoms with van der Waals surface area (Å²) >= 11 is 0. The van der Waals surface area contributed by atoms with Crippen LogP contribution < -0.4 is 14.8 Å². The van der Waals surface area contributed by atoms with Gasteiger partial charge in [0.25, 0.3) is 11.6 Å². The molecule has 2 rings (SSSR count). The van der Waals surface area contributed by atoms with Crippen LogP contribution in [0.3, 0.4) is 0 Å². The van der Waals surface area contributed by atoms with Crippen LogP contribution in [0.25, 0.3) is 0 Å². The van der Waals surface area contributed by atoms with E-state index in [1.165, 1.54) is 13.2 Å². The summed E-state index contributed by atoms with van der Waals surface area (Å²) in [6, 6.07) is 10.1. The number of benzene rings is 2. The van der Waals surface area contributed by atoms with Crippen molar-refractivity contribution in [2.24, 2.45) is 0 Å². The molecule has 9 heteroatoms. The summed E-state index contributed by atoms with van der Waals surface area (Å²) in [5.74, 6) is -1.22. The number of nitro benzene ring substituents is 1. The predicted molar refractivity (Wildman–Crippen MR) is 109 cm³/mol. The van der Waals surface area contributed by atoms with Gasteiger partial charge in [0, 0.05) is 12.6 Å².